The van der Waals surface area contributed by atoms with Crippen LogP contribution in [0, 0.1) is 6.92 Å². The number of aryl methyl sites for hydroxylation is 1. The van der Waals surface area contributed by atoms with Crippen molar-refractivity contribution >= 4 is 16.7 Å². The molecule has 2 aliphatic rings. The van der Waals surface area contributed by atoms with E-state index in [0.717, 1.165) is 29.3 Å². The number of anilines is 1. The Hall–Kier alpha value is -1.68. The maximum absolute atomic E-state index is 4.49. The van der Waals surface area contributed by atoms with Crippen LogP contribution in [0.2, 0.25) is 0 Å². The first kappa shape index (κ1) is 13.9. The molecule has 0 radical (unpaired) electrons. The second kappa shape index (κ2) is 5.84. The van der Waals surface area contributed by atoms with E-state index >= 15 is 0 Å². The van der Waals surface area contributed by atoms with Crippen molar-refractivity contribution in [2.24, 2.45) is 0 Å². The van der Waals surface area contributed by atoms with Gasteiger partial charge in [0.25, 0.3) is 0 Å². The van der Waals surface area contributed by atoms with E-state index in [4.69, 9.17) is 0 Å². The van der Waals surface area contributed by atoms with Gasteiger partial charge in [-0.25, -0.2) is 9.97 Å². The number of hydrogen-bond acceptors (Lipinski definition) is 4. The van der Waals surface area contributed by atoms with Crippen molar-refractivity contribution in [3.05, 3.63) is 30.1 Å². The molecule has 1 saturated carbocycles. The van der Waals surface area contributed by atoms with Crippen LogP contribution in [-0.4, -0.2) is 40.0 Å². The zero-order valence-electron chi connectivity index (χ0n) is 13.3. The van der Waals surface area contributed by atoms with Gasteiger partial charge < -0.3 is 5.32 Å². The lowest BCUT2D eigenvalue weighted by Gasteiger charge is -2.23. The highest BCUT2D eigenvalue weighted by Gasteiger charge is 2.30. The van der Waals surface area contributed by atoms with Gasteiger partial charge in [-0.1, -0.05) is 24.5 Å². The van der Waals surface area contributed by atoms with Crippen molar-refractivity contribution in [3.63, 3.8) is 0 Å². The molecular formula is C18H24N4. The third-order valence-corrected chi connectivity index (χ3v) is 5.19. The highest BCUT2D eigenvalue weighted by molar-refractivity contribution is 5.89. The fraction of sp³-hybridized carbons (Fsp3) is 0.556. The quantitative estimate of drug-likeness (QED) is 0.943. The fourth-order valence-electron chi connectivity index (χ4n) is 3.99. The summed E-state index contributed by atoms with van der Waals surface area (Å²) in [7, 11) is 0. The van der Waals surface area contributed by atoms with Gasteiger partial charge in [0.05, 0.1) is 5.52 Å². The molecular weight excluding hydrogens is 272 g/mol. The number of fused-ring (bicyclic) bond motifs is 1. The average molecular weight is 296 g/mol. The van der Waals surface area contributed by atoms with Gasteiger partial charge in [-0.2, -0.15) is 0 Å². The van der Waals surface area contributed by atoms with Crippen LogP contribution in [0.3, 0.4) is 0 Å². The summed E-state index contributed by atoms with van der Waals surface area (Å²) in [6.07, 6.45) is 8.49. The molecule has 2 fully saturated rings. The van der Waals surface area contributed by atoms with E-state index < -0.39 is 0 Å². The molecule has 0 spiro atoms. The van der Waals surface area contributed by atoms with Crippen molar-refractivity contribution in [1.29, 1.82) is 0 Å². The monoisotopic (exact) mass is 296 g/mol. The maximum atomic E-state index is 4.49. The Morgan fingerprint density at radius 3 is 2.86 bits per heavy atom. The number of nitrogens with one attached hydrogen (secondary N) is 1. The maximum Gasteiger partial charge on any atom is 0.137 e. The Labute approximate surface area is 131 Å². The summed E-state index contributed by atoms with van der Waals surface area (Å²) >= 11 is 0. The Balaban J connectivity index is 1.51. The number of aromatic nitrogens is 2. The Kier molecular flexibility index (Phi) is 3.70. The lowest BCUT2D eigenvalue weighted by molar-refractivity contribution is 0.245. The van der Waals surface area contributed by atoms with Gasteiger partial charge in [0.15, 0.2) is 0 Å². The normalized spacial score (nSPS) is 23.4. The summed E-state index contributed by atoms with van der Waals surface area (Å²) in [6.45, 7) is 4.50. The molecule has 1 saturated heterocycles. The highest BCUT2D eigenvalue weighted by atomic mass is 15.2. The van der Waals surface area contributed by atoms with Crippen LogP contribution < -0.4 is 5.32 Å². The molecule has 1 unspecified atom stereocenters. The van der Waals surface area contributed by atoms with E-state index in [1.54, 1.807) is 6.33 Å². The lowest BCUT2D eigenvalue weighted by atomic mass is 10.1. The average Bonchev–Trinajstić information content (AvgIpc) is 3.18. The minimum absolute atomic E-state index is 0.513. The minimum atomic E-state index is 0.513. The highest BCUT2D eigenvalue weighted by Crippen LogP contribution is 2.28. The van der Waals surface area contributed by atoms with Crippen LogP contribution in [0.15, 0.2) is 24.5 Å². The standard InChI is InChI=1S/C18H24N4/c1-13-6-7-17-16(10-13)18(20-12-19-17)21-14-8-9-22(11-14)15-4-2-3-5-15/h6-7,10,12,14-15H,2-5,8-9,11H2,1H3,(H,19,20,21). The third-order valence-electron chi connectivity index (χ3n) is 5.19. The largest absolute Gasteiger partial charge is 0.365 e. The molecule has 4 rings (SSSR count). The molecule has 0 bridgehead atoms. The topological polar surface area (TPSA) is 41.1 Å². The van der Waals surface area contributed by atoms with Crippen LogP contribution in [0.25, 0.3) is 10.9 Å². The van der Waals surface area contributed by atoms with Gasteiger partial charge in [0, 0.05) is 30.6 Å². The van der Waals surface area contributed by atoms with E-state index in [-0.39, 0.29) is 0 Å². The first-order chi connectivity index (χ1) is 10.8. The molecule has 1 atom stereocenters. The lowest BCUT2D eigenvalue weighted by Crippen LogP contribution is -2.33. The van der Waals surface area contributed by atoms with E-state index in [9.17, 15) is 0 Å². The summed E-state index contributed by atoms with van der Waals surface area (Å²) in [5.74, 6) is 0.993. The minimum Gasteiger partial charge on any atom is -0.365 e. The van der Waals surface area contributed by atoms with E-state index in [2.05, 4.69) is 45.3 Å². The van der Waals surface area contributed by atoms with E-state index in [0.29, 0.717) is 6.04 Å². The number of likely N-dealkylation sites (tertiary alicyclic amines) is 1. The second-order valence-electron chi connectivity index (χ2n) is 6.81. The number of hydrogen-bond donors (Lipinski definition) is 1. The fourth-order valence-corrected chi connectivity index (χ4v) is 3.99. The molecule has 1 aromatic heterocycles. The molecule has 2 heterocycles. The molecule has 1 aliphatic carbocycles. The van der Waals surface area contributed by atoms with Gasteiger partial charge in [-0.15, -0.1) is 0 Å². The molecule has 2 aromatic rings. The summed E-state index contributed by atoms with van der Waals surface area (Å²) in [5.41, 5.74) is 2.28. The number of benzene rings is 1. The SMILES string of the molecule is Cc1ccc2ncnc(NC3CCN(C4CCCC4)C3)c2c1. The van der Waals surface area contributed by atoms with Crippen LogP contribution in [0.4, 0.5) is 5.82 Å². The van der Waals surface area contributed by atoms with Crippen LogP contribution >= 0.6 is 0 Å². The number of nitrogens with zero attached hydrogens (tertiary/aromatic N) is 3. The summed E-state index contributed by atoms with van der Waals surface area (Å²) < 4.78 is 0. The van der Waals surface area contributed by atoms with E-state index in [1.165, 1.54) is 44.2 Å². The predicted octanol–water partition coefficient (Wildman–Crippen LogP) is 3.37. The van der Waals surface area contributed by atoms with Crippen molar-refractivity contribution in [2.75, 3.05) is 18.4 Å². The van der Waals surface area contributed by atoms with Crippen LogP contribution in [0.5, 0.6) is 0 Å². The van der Waals surface area contributed by atoms with Crippen LogP contribution in [0.1, 0.15) is 37.7 Å². The zero-order valence-corrected chi connectivity index (χ0v) is 13.3. The Bertz CT molecular complexity index is 663. The molecule has 1 N–H and O–H groups in total. The van der Waals surface area contributed by atoms with E-state index in [1.807, 2.05) is 0 Å². The van der Waals surface area contributed by atoms with Crippen molar-refractivity contribution in [1.82, 2.24) is 14.9 Å². The molecule has 4 nitrogen and oxygen atoms in total. The summed E-state index contributed by atoms with van der Waals surface area (Å²) in [5, 5.41) is 4.81. The van der Waals surface area contributed by atoms with Crippen molar-refractivity contribution in [2.45, 2.75) is 51.1 Å². The number of rotatable bonds is 3. The zero-order chi connectivity index (χ0) is 14.9. The van der Waals surface area contributed by atoms with Gasteiger partial charge in [0.1, 0.15) is 12.1 Å². The first-order valence-electron chi connectivity index (χ1n) is 8.51. The third kappa shape index (κ3) is 2.68. The van der Waals surface area contributed by atoms with Gasteiger partial charge in [-0.05, 0) is 38.3 Å². The summed E-state index contributed by atoms with van der Waals surface area (Å²) in [4.78, 5) is 11.5. The van der Waals surface area contributed by atoms with Gasteiger partial charge >= 0.3 is 0 Å². The second-order valence-corrected chi connectivity index (χ2v) is 6.81. The Morgan fingerprint density at radius 2 is 2.00 bits per heavy atom. The van der Waals surface area contributed by atoms with Crippen molar-refractivity contribution < 1.29 is 0 Å². The first-order valence-corrected chi connectivity index (χ1v) is 8.51. The van der Waals surface area contributed by atoms with Gasteiger partial charge in [-0.3, -0.25) is 4.90 Å². The molecule has 1 aliphatic heterocycles. The molecule has 0 amide bonds. The van der Waals surface area contributed by atoms with Crippen molar-refractivity contribution in [3.8, 4) is 0 Å². The van der Waals surface area contributed by atoms with Gasteiger partial charge in [0.2, 0.25) is 0 Å². The molecule has 1 aromatic carbocycles. The predicted molar refractivity (Wildman–Crippen MR) is 90.1 cm³/mol. The molecule has 22 heavy (non-hydrogen) atoms. The smallest absolute Gasteiger partial charge is 0.137 e. The molecule has 116 valence electrons. The Morgan fingerprint density at radius 1 is 1.14 bits per heavy atom. The van der Waals surface area contributed by atoms with Crippen LogP contribution in [-0.2, 0) is 0 Å². The molecule has 4 heteroatoms. The summed E-state index contributed by atoms with van der Waals surface area (Å²) in [6, 6.07) is 7.71.